The highest BCUT2D eigenvalue weighted by Gasteiger charge is 2.27. The average Bonchev–Trinajstić information content (AvgIpc) is 3.47. The van der Waals surface area contributed by atoms with Crippen molar-refractivity contribution in [2.45, 2.75) is 34.1 Å². The molecular weight excluding hydrogens is 454 g/mol. The maximum atomic E-state index is 13.6. The van der Waals surface area contributed by atoms with Crippen LogP contribution in [0.25, 0.3) is 22.5 Å². The summed E-state index contributed by atoms with van der Waals surface area (Å²) in [5, 5.41) is 8.20. The van der Waals surface area contributed by atoms with Gasteiger partial charge in [0, 0.05) is 31.4 Å². The third kappa shape index (κ3) is 4.39. The zero-order chi connectivity index (χ0) is 25.6. The van der Waals surface area contributed by atoms with Gasteiger partial charge < -0.3 is 14.6 Å². The molecule has 2 unspecified atom stereocenters. The Balaban J connectivity index is 1.49. The standard InChI is InChI=1S/C28H31N5O3/c1-16-11-17(2)15-33(14-16)28(35)20-9-8-18(3)22(12-20)30-27(34)21-13-23(24-7-6-10-36-24)29-26-25(21)19(4)31-32(26)5/h6-10,12-13,16-17H,11,14-15H2,1-5H3,(H,30,34). The normalized spacial score (nSPS) is 18.0. The lowest BCUT2D eigenvalue weighted by Gasteiger charge is -2.35. The number of furan rings is 1. The Morgan fingerprint density at radius 2 is 1.83 bits per heavy atom. The van der Waals surface area contributed by atoms with Gasteiger partial charge in [-0.15, -0.1) is 0 Å². The number of aromatic nitrogens is 3. The average molecular weight is 486 g/mol. The minimum Gasteiger partial charge on any atom is -0.463 e. The Bertz CT molecular complexity index is 1440. The lowest BCUT2D eigenvalue weighted by molar-refractivity contribution is 0.0623. The first-order valence-corrected chi connectivity index (χ1v) is 12.3. The Kier molecular flexibility index (Phi) is 6.12. The summed E-state index contributed by atoms with van der Waals surface area (Å²) < 4.78 is 7.20. The number of nitrogens with zero attached hydrogens (tertiary/aromatic N) is 4. The molecule has 8 heteroatoms. The molecule has 8 nitrogen and oxygen atoms in total. The minimum atomic E-state index is -0.292. The van der Waals surface area contributed by atoms with Crippen molar-refractivity contribution in [3.05, 3.63) is 65.0 Å². The summed E-state index contributed by atoms with van der Waals surface area (Å²) in [7, 11) is 1.80. The van der Waals surface area contributed by atoms with Crippen LogP contribution in [0.15, 0.2) is 47.1 Å². The molecule has 0 saturated carbocycles. The van der Waals surface area contributed by atoms with Gasteiger partial charge in [-0.25, -0.2) is 4.98 Å². The molecule has 3 aromatic heterocycles. The van der Waals surface area contributed by atoms with Crippen molar-refractivity contribution in [1.29, 1.82) is 0 Å². The van der Waals surface area contributed by atoms with Crippen molar-refractivity contribution in [1.82, 2.24) is 19.7 Å². The van der Waals surface area contributed by atoms with Crippen molar-refractivity contribution in [2.75, 3.05) is 18.4 Å². The van der Waals surface area contributed by atoms with Crippen LogP contribution in [0.1, 0.15) is 52.2 Å². The first kappa shape index (κ1) is 23.8. The molecule has 1 aliphatic rings. The largest absolute Gasteiger partial charge is 0.463 e. The van der Waals surface area contributed by atoms with E-state index in [1.165, 1.54) is 0 Å². The SMILES string of the molecule is Cc1ccc(C(=O)N2CC(C)CC(C)C2)cc1NC(=O)c1cc(-c2ccco2)nc2c1c(C)nn2C. The van der Waals surface area contributed by atoms with Gasteiger partial charge in [0.1, 0.15) is 5.69 Å². The van der Waals surface area contributed by atoms with Crippen LogP contribution in [0.3, 0.4) is 0 Å². The van der Waals surface area contributed by atoms with Crippen LogP contribution in [-0.2, 0) is 7.05 Å². The monoisotopic (exact) mass is 485 g/mol. The number of likely N-dealkylation sites (tertiary alicyclic amines) is 1. The van der Waals surface area contributed by atoms with Gasteiger partial charge in [0.25, 0.3) is 11.8 Å². The van der Waals surface area contributed by atoms with Crippen molar-refractivity contribution in [3.8, 4) is 11.5 Å². The van der Waals surface area contributed by atoms with Gasteiger partial charge in [-0.05, 0) is 68.0 Å². The van der Waals surface area contributed by atoms with E-state index in [2.05, 4.69) is 29.2 Å². The van der Waals surface area contributed by atoms with Gasteiger partial charge in [0.05, 0.1) is 22.9 Å². The summed E-state index contributed by atoms with van der Waals surface area (Å²) in [5.41, 5.74) is 4.37. The van der Waals surface area contributed by atoms with Gasteiger partial charge >= 0.3 is 0 Å². The minimum absolute atomic E-state index is 0.00147. The molecule has 0 radical (unpaired) electrons. The van der Waals surface area contributed by atoms with E-state index in [1.807, 2.05) is 30.9 Å². The summed E-state index contributed by atoms with van der Waals surface area (Å²) in [4.78, 5) is 33.5. The Morgan fingerprint density at radius 3 is 2.53 bits per heavy atom. The van der Waals surface area contributed by atoms with Crippen LogP contribution in [0, 0.1) is 25.7 Å². The number of amides is 2. The van der Waals surface area contributed by atoms with E-state index >= 15 is 0 Å². The summed E-state index contributed by atoms with van der Waals surface area (Å²) in [6.07, 6.45) is 2.71. The predicted molar refractivity (Wildman–Crippen MR) is 139 cm³/mol. The van der Waals surface area contributed by atoms with E-state index in [-0.39, 0.29) is 11.8 Å². The zero-order valence-corrected chi connectivity index (χ0v) is 21.3. The van der Waals surface area contributed by atoms with E-state index in [1.54, 1.807) is 42.3 Å². The number of pyridine rings is 1. The van der Waals surface area contributed by atoms with Crippen molar-refractivity contribution >= 4 is 28.5 Å². The number of aryl methyl sites for hydroxylation is 3. The van der Waals surface area contributed by atoms with Gasteiger partial charge in [0.2, 0.25) is 0 Å². The molecule has 4 heterocycles. The van der Waals surface area contributed by atoms with Crippen LogP contribution in [-0.4, -0.2) is 44.6 Å². The first-order valence-electron chi connectivity index (χ1n) is 12.3. The molecule has 4 aromatic rings. The van der Waals surface area contributed by atoms with Gasteiger partial charge in [-0.1, -0.05) is 19.9 Å². The smallest absolute Gasteiger partial charge is 0.256 e. The number of hydrogen-bond donors (Lipinski definition) is 1. The third-order valence-corrected chi connectivity index (χ3v) is 6.88. The molecule has 0 bridgehead atoms. The van der Waals surface area contributed by atoms with Crippen LogP contribution in [0.5, 0.6) is 0 Å². The molecule has 1 saturated heterocycles. The second kappa shape index (κ2) is 9.26. The number of fused-ring (bicyclic) bond motifs is 1. The van der Waals surface area contributed by atoms with E-state index in [0.717, 1.165) is 25.1 Å². The lowest BCUT2D eigenvalue weighted by Crippen LogP contribution is -2.42. The number of carbonyl (C=O) groups excluding carboxylic acids is 2. The predicted octanol–water partition coefficient (Wildman–Crippen LogP) is 5.22. The fourth-order valence-corrected chi connectivity index (χ4v) is 5.27. The molecule has 1 N–H and O–H groups in total. The van der Waals surface area contributed by atoms with Gasteiger partial charge in [0.15, 0.2) is 11.4 Å². The second-order valence-corrected chi connectivity index (χ2v) is 10.1. The number of carbonyl (C=O) groups is 2. The topological polar surface area (TPSA) is 93.3 Å². The lowest BCUT2D eigenvalue weighted by atomic mass is 9.91. The fraction of sp³-hybridized carbons (Fsp3) is 0.357. The second-order valence-electron chi connectivity index (χ2n) is 10.1. The van der Waals surface area contributed by atoms with Crippen LogP contribution >= 0.6 is 0 Å². The Morgan fingerprint density at radius 1 is 1.08 bits per heavy atom. The summed E-state index contributed by atoms with van der Waals surface area (Å²) >= 11 is 0. The summed E-state index contributed by atoms with van der Waals surface area (Å²) in [6, 6.07) is 10.8. The van der Waals surface area contributed by atoms with Gasteiger partial charge in [-0.2, -0.15) is 5.10 Å². The van der Waals surface area contributed by atoms with Crippen LogP contribution in [0.2, 0.25) is 0 Å². The Labute approximate surface area is 210 Å². The highest BCUT2D eigenvalue weighted by atomic mass is 16.3. The maximum Gasteiger partial charge on any atom is 0.256 e. The van der Waals surface area contributed by atoms with E-state index < -0.39 is 0 Å². The number of piperidine rings is 1. The maximum absolute atomic E-state index is 13.6. The summed E-state index contributed by atoms with van der Waals surface area (Å²) in [6.45, 7) is 9.65. The number of hydrogen-bond acceptors (Lipinski definition) is 5. The van der Waals surface area contributed by atoms with Crippen molar-refractivity contribution in [2.24, 2.45) is 18.9 Å². The summed E-state index contributed by atoms with van der Waals surface area (Å²) in [5.74, 6) is 1.22. The molecule has 1 aliphatic heterocycles. The molecule has 186 valence electrons. The molecule has 36 heavy (non-hydrogen) atoms. The third-order valence-electron chi connectivity index (χ3n) is 6.88. The number of rotatable bonds is 4. The molecule has 5 rings (SSSR count). The molecule has 0 aliphatic carbocycles. The molecule has 0 spiro atoms. The number of nitrogens with one attached hydrogen (secondary N) is 1. The molecule has 1 fully saturated rings. The first-order chi connectivity index (χ1) is 17.2. The highest BCUT2D eigenvalue weighted by Crippen LogP contribution is 2.29. The Hall–Kier alpha value is -3.94. The molecule has 2 atom stereocenters. The number of benzene rings is 1. The van der Waals surface area contributed by atoms with Gasteiger partial charge in [-0.3, -0.25) is 14.3 Å². The van der Waals surface area contributed by atoms with Crippen LogP contribution in [0.4, 0.5) is 5.69 Å². The van der Waals surface area contributed by atoms with Crippen molar-refractivity contribution < 1.29 is 14.0 Å². The van der Waals surface area contributed by atoms with E-state index in [4.69, 9.17) is 4.42 Å². The van der Waals surface area contributed by atoms with E-state index in [0.29, 0.717) is 56.8 Å². The van der Waals surface area contributed by atoms with E-state index in [9.17, 15) is 9.59 Å². The quantitative estimate of drug-likeness (QED) is 0.428. The highest BCUT2D eigenvalue weighted by molar-refractivity contribution is 6.13. The fourth-order valence-electron chi connectivity index (χ4n) is 5.27. The number of anilines is 1. The molecular formula is C28H31N5O3. The molecule has 1 aromatic carbocycles. The van der Waals surface area contributed by atoms with Crippen molar-refractivity contribution in [3.63, 3.8) is 0 Å². The van der Waals surface area contributed by atoms with Crippen LogP contribution < -0.4 is 5.32 Å². The zero-order valence-electron chi connectivity index (χ0n) is 21.3. The molecule has 2 amide bonds.